The number of carbonyl (C=O) groups is 3. The molecule has 112 valence electrons. The van der Waals surface area contributed by atoms with E-state index in [4.69, 9.17) is 26.8 Å². The second-order valence-corrected chi connectivity index (χ2v) is 3.87. The molecule has 1 unspecified atom stereocenters. The third kappa shape index (κ3) is 18.9. The topological polar surface area (TPSA) is 164 Å². The number of hydrogen-bond donors (Lipinski definition) is 5. The summed E-state index contributed by atoms with van der Waals surface area (Å²) in [6.07, 6.45) is 2.16. The molecule has 0 amide bonds. The minimum absolute atomic E-state index is 0.0628. The third-order valence-corrected chi connectivity index (χ3v) is 2.07. The molecule has 19 heavy (non-hydrogen) atoms. The first-order valence-electron chi connectivity index (χ1n) is 5.93. The lowest BCUT2D eigenvalue weighted by Crippen LogP contribution is -2.30. The molecule has 0 aliphatic heterocycles. The normalized spacial score (nSPS) is 11.1. The van der Waals surface area contributed by atoms with Gasteiger partial charge in [-0.25, -0.2) is 0 Å². The molecule has 0 aromatic carbocycles. The molecule has 0 aliphatic rings. The number of nitrogens with two attached hydrogens (primary N) is 2. The van der Waals surface area contributed by atoms with Gasteiger partial charge in [-0.1, -0.05) is 0 Å². The quantitative estimate of drug-likeness (QED) is 0.363. The fourth-order valence-corrected chi connectivity index (χ4v) is 1.01. The zero-order valence-electron chi connectivity index (χ0n) is 10.7. The first kappa shape index (κ1) is 19.7. The van der Waals surface area contributed by atoms with Crippen molar-refractivity contribution in [2.75, 3.05) is 6.54 Å². The Morgan fingerprint density at radius 1 is 0.895 bits per heavy atom. The average Bonchev–Trinajstić information content (AvgIpc) is 2.31. The van der Waals surface area contributed by atoms with Crippen LogP contribution in [-0.2, 0) is 14.4 Å². The van der Waals surface area contributed by atoms with Gasteiger partial charge in [-0.3, -0.25) is 14.4 Å². The molecule has 0 heterocycles. The van der Waals surface area contributed by atoms with Crippen molar-refractivity contribution < 1.29 is 29.7 Å². The van der Waals surface area contributed by atoms with E-state index in [0.717, 1.165) is 0 Å². The molecule has 0 bridgehead atoms. The number of rotatable bonds is 9. The smallest absolute Gasteiger partial charge is 0.320 e. The van der Waals surface area contributed by atoms with E-state index in [-0.39, 0.29) is 12.8 Å². The molecule has 1 atom stereocenters. The Hall–Kier alpha value is -1.67. The van der Waals surface area contributed by atoms with E-state index >= 15 is 0 Å². The summed E-state index contributed by atoms with van der Waals surface area (Å²) < 4.78 is 0. The van der Waals surface area contributed by atoms with Crippen LogP contribution in [0.1, 0.15) is 38.5 Å². The van der Waals surface area contributed by atoms with Crippen molar-refractivity contribution in [3.05, 3.63) is 0 Å². The highest BCUT2D eigenvalue weighted by Gasteiger charge is 2.08. The van der Waals surface area contributed by atoms with E-state index in [1.54, 1.807) is 0 Å². The maximum atomic E-state index is 10.0. The first-order valence-corrected chi connectivity index (χ1v) is 5.93. The van der Waals surface area contributed by atoms with Gasteiger partial charge in [-0.2, -0.15) is 0 Å². The molecule has 0 saturated carbocycles. The maximum absolute atomic E-state index is 10.0. The van der Waals surface area contributed by atoms with Crippen LogP contribution in [0.2, 0.25) is 0 Å². The summed E-state index contributed by atoms with van der Waals surface area (Å²) in [4.78, 5) is 29.8. The molecule has 0 aliphatic carbocycles. The summed E-state index contributed by atoms with van der Waals surface area (Å²) in [5, 5.41) is 24.5. The Balaban J connectivity index is 0. The van der Waals surface area contributed by atoms with Crippen LogP contribution < -0.4 is 11.5 Å². The van der Waals surface area contributed by atoms with Gasteiger partial charge in [0.25, 0.3) is 0 Å². The van der Waals surface area contributed by atoms with Crippen LogP contribution in [0.3, 0.4) is 0 Å². The zero-order chi connectivity index (χ0) is 15.3. The average molecular weight is 278 g/mol. The monoisotopic (exact) mass is 278 g/mol. The van der Waals surface area contributed by atoms with Gasteiger partial charge in [0.15, 0.2) is 0 Å². The van der Waals surface area contributed by atoms with Crippen LogP contribution in [0.25, 0.3) is 0 Å². The van der Waals surface area contributed by atoms with E-state index in [2.05, 4.69) is 0 Å². The fraction of sp³-hybridized carbons (Fsp3) is 0.727. The van der Waals surface area contributed by atoms with E-state index in [1.807, 2.05) is 0 Å². The van der Waals surface area contributed by atoms with E-state index < -0.39 is 23.9 Å². The Morgan fingerprint density at radius 2 is 1.32 bits per heavy atom. The molecule has 8 heteroatoms. The van der Waals surface area contributed by atoms with Crippen molar-refractivity contribution in [1.82, 2.24) is 0 Å². The van der Waals surface area contributed by atoms with Gasteiger partial charge < -0.3 is 26.8 Å². The number of carboxylic acid groups (broad SMARTS) is 3. The second kappa shape index (κ2) is 12.8. The van der Waals surface area contributed by atoms with Crippen LogP contribution in [0, 0.1) is 0 Å². The Bertz CT molecular complexity index is 266. The number of hydrogen-bond acceptors (Lipinski definition) is 5. The Labute approximate surface area is 111 Å². The predicted molar refractivity (Wildman–Crippen MR) is 67.6 cm³/mol. The molecule has 7 N–H and O–H groups in total. The summed E-state index contributed by atoms with van der Waals surface area (Å²) in [7, 11) is 0. The van der Waals surface area contributed by atoms with Crippen LogP contribution >= 0.6 is 0 Å². The van der Waals surface area contributed by atoms with E-state index in [9.17, 15) is 14.4 Å². The van der Waals surface area contributed by atoms with Crippen molar-refractivity contribution in [1.29, 1.82) is 0 Å². The first-order chi connectivity index (χ1) is 8.81. The van der Waals surface area contributed by atoms with Crippen LogP contribution in [0.5, 0.6) is 0 Å². The molecule has 8 nitrogen and oxygen atoms in total. The summed E-state index contributed by atoms with van der Waals surface area (Å²) >= 11 is 0. The molecule has 0 spiro atoms. The Kier molecular flexibility index (Phi) is 13.2. The highest BCUT2D eigenvalue weighted by molar-refractivity contribution is 5.72. The third-order valence-electron chi connectivity index (χ3n) is 2.07. The highest BCUT2D eigenvalue weighted by atomic mass is 16.4. The zero-order valence-corrected chi connectivity index (χ0v) is 10.7. The molecule has 0 fully saturated rings. The van der Waals surface area contributed by atoms with E-state index in [1.165, 1.54) is 0 Å². The summed E-state index contributed by atoms with van der Waals surface area (Å²) in [6.45, 7) is 0.501. The lowest BCUT2D eigenvalue weighted by Gasteiger charge is -2.02. The van der Waals surface area contributed by atoms with Gasteiger partial charge in [0.05, 0.1) is 0 Å². The number of unbranched alkanes of at least 4 members (excludes halogenated alkanes) is 1. The van der Waals surface area contributed by atoms with Crippen LogP contribution in [0.15, 0.2) is 0 Å². The van der Waals surface area contributed by atoms with Gasteiger partial charge in [0, 0.05) is 12.8 Å². The highest BCUT2D eigenvalue weighted by Crippen LogP contribution is 1.98. The maximum Gasteiger partial charge on any atom is 0.320 e. The predicted octanol–water partition coefficient (Wildman–Crippen LogP) is -0.147. The van der Waals surface area contributed by atoms with Crippen molar-refractivity contribution >= 4 is 17.9 Å². The Morgan fingerprint density at radius 3 is 1.58 bits per heavy atom. The van der Waals surface area contributed by atoms with Gasteiger partial charge >= 0.3 is 17.9 Å². The largest absolute Gasteiger partial charge is 0.481 e. The number of aliphatic carboxylic acids is 3. The molecule has 0 aromatic rings. The fourth-order valence-electron chi connectivity index (χ4n) is 1.01. The molecule has 0 radical (unpaired) electrons. The van der Waals surface area contributed by atoms with Crippen molar-refractivity contribution in [2.45, 2.75) is 44.6 Å². The molecule has 0 saturated heterocycles. The van der Waals surface area contributed by atoms with Crippen molar-refractivity contribution in [3.8, 4) is 0 Å². The lowest BCUT2D eigenvalue weighted by molar-refractivity contribution is -0.139. The number of carboxylic acids is 3. The SMILES string of the molecule is NCCCC(N)C(=O)O.O=C(O)CCCCC(=O)O. The second-order valence-electron chi connectivity index (χ2n) is 3.87. The van der Waals surface area contributed by atoms with Crippen molar-refractivity contribution in [2.24, 2.45) is 11.5 Å². The summed E-state index contributed by atoms with van der Waals surface area (Å²) in [6, 6.07) is -0.742. The van der Waals surface area contributed by atoms with Gasteiger partial charge in [-0.15, -0.1) is 0 Å². The van der Waals surface area contributed by atoms with E-state index in [0.29, 0.717) is 32.2 Å². The summed E-state index contributed by atoms with van der Waals surface area (Å²) in [5.74, 6) is -2.70. The summed E-state index contributed by atoms with van der Waals surface area (Å²) in [5.41, 5.74) is 10.3. The van der Waals surface area contributed by atoms with Crippen LogP contribution in [-0.4, -0.2) is 45.8 Å². The van der Waals surface area contributed by atoms with Crippen LogP contribution in [0.4, 0.5) is 0 Å². The molecule has 0 aromatic heterocycles. The molecular weight excluding hydrogens is 256 g/mol. The van der Waals surface area contributed by atoms with Gasteiger partial charge in [-0.05, 0) is 32.2 Å². The molecular formula is C11H22N2O6. The minimum atomic E-state index is -0.955. The lowest BCUT2D eigenvalue weighted by atomic mass is 10.2. The minimum Gasteiger partial charge on any atom is -0.481 e. The standard InChI is InChI=1S/C6H10O4.C5H12N2O2/c7-5(8)3-1-2-4-6(9)10;6-3-1-2-4(7)5(8)9/h1-4H2,(H,7,8)(H,9,10);4H,1-3,6-7H2,(H,8,9). The van der Waals surface area contributed by atoms with Gasteiger partial charge in [0.2, 0.25) is 0 Å². The van der Waals surface area contributed by atoms with Crippen molar-refractivity contribution in [3.63, 3.8) is 0 Å². The molecule has 0 rings (SSSR count). The van der Waals surface area contributed by atoms with Gasteiger partial charge in [0.1, 0.15) is 6.04 Å².